The van der Waals surface area contributed by atoms with Crippen LogP contribution >= 0.6 is 0 Å². The molecule has 0 bridgehead atoms. The van der Waals surface area contributed by atoms with E-state index in [0.717, 1.165) is 96.7 Å². The van der Waals surface area contributed by atoms with Gasteiger partial charge in [0.25, 0.3) is 0 Å². The molecule has 2 aliphatic heterocycles. The number of unbranched alkanes of at least 4 members (excludes halogenated alkanes) is 16. The molecule has 0 spiro atoms. The molecule has 0 atom stereocenters. The van der Waals surface area contributed by atoms with E-state index in [1.807, 2.05) is 0 Å². The number of hydroxylamine groups is 4. The van der Waals surface area contributed by atoms with E-state index in [1.165, 1.54) is 64.2 Å². The Morgan fingerprint density at radius 1 is 0.434 bits per heavy atom. The maximum atomic E-state index is 12.8. The molecule has 0 aromatic rings. The van der Waals surface area contributed by atoms with Crippen LogP contribution in [0.3, 0.4) is 0 Å². The summed E-state index contributed by atoms with van der Waals surface area (Å²) < 4.78 is 12.0. The van der Waals surface area contributed by atoms with Gasteiger partial charge in [0.1, 0.15) is 12.2 Å². The average Bonchev–Trinajstić information content (AvgIpc) is 3.04. The van der Waals surface area contributed by atoms with Crippen molar-refractivity contribution in [2.45, 2.75) is 264 Å². The van der Waals surface area contributed by atoms with Crippen molar-refractivity contribution in [1.29, 1.82) is 0 Å². The fraction of sp³-hybridized carbons (Fsp3) is 0.956. The summed E-state index contributed by atoms with van der Waals surface area (Å²) in [6.45, 7) is 23.7. The third kappa shape index (κ3) is 18.5. The number of carbonyl (C=O) groups excluding carboxylic acids is 2. The first kappa shape index (κ1) is 47.9. The van der Waals surface area contributed by atoms with Crippen LogP contribution in [0.15, 0.2) is 0 Å². The second kappa shape index (κ2) is 24.4. The molecule has 0 aromatic carbocycles. The highest BCUT2D eigenvalue weighted by molar-refractivity contribution is 5.69. The molecule has 0 N–H and O–H groups in total. The Hall–Kier alpha value is -1.22. The second-order valence-corrected chi connectivity index (χ2v) is 19.1. The highest BCUT2D eigenvalue weighted by Gasteiger charge is 2.49. The average molecular weight is 751 g/mol. The predicted molar refractivity (Wildman–Crippen MR) is 218 cm³/mol. The maximum absolute atomic E-state index is 12.8. The van der Waals surface area contributed by atoms with Gasteiger partial charge in [-0.15, -0.1) is 0 Å². The van der Waals surface area contributed by atoms with Crippen LogP contribution in [0.25, 0.3) is 0 Å². The molecule has 2 fully saturated rings. The van der Waals surface area contributed by atoms with Gasteiger partial charge in [0.15, 0.2) is 0 Å². The van der Waals surface area contributed by atoms with Crippen molar-refractivity contribution in [3.05, 3.63) is 0 Å². The zero-order chi connectivity index (χ0) is 39.4. The van der Waals surface area contributed by atoms with Gasteiger partial charge in [0, 0.05) is 60.7 Å². The van der Waals surface area contributed by atoms with Crippen LogP contribution in [-0.2, 0) is 28.7 Å². The zero-order valence-electron chi connectivity index (χ0n) is 36.6. The van der Waals surface area contributed by atoms with Gasteiger partial charge < -0.3 is 9.47 Å². The second-order valence-electron chi connectivity index (χ2n) is 19.1. The maximum Gasteiger partial charge on any atom is 0.306 e. The zero-order valence-corrected chi connectivity index (χ0v) is 36.6. The monoisotopic (exact) mass is 751 g/mol. The lowest BCUT2D eigenvalue weighted by Crippen LogP contribution is -2.62. The number of rotatable bonds is 28. The number of nitrogens with zero attached hydrogens (tertiary/aromatic N) is 2. The first-order valence-electron chi connectivity index (χ1n) is 22.3. The molecule has 0 aromatic heterocycles. The number of hydrogen-bond donors (Lipinski definition) is 0. The van der Waals surface area contributed by atoms with Crippen LogP contribution in [0.4, 0.5) is 0 Å². The summed E-state index contributed by atoms with van der Waals surface area (Å²) in [6.07, 6.45) is 26.1. The minimum absolute atomic E-state index is 0.0697. The molecule has 0 unspecified atom stereocenters. The molecule has 53 heavy (non-hydrogen) atoms. The van der Waals surface area contributed by atoms with Gasteiger partial charge >= 0.3 is 11.9 Å². The Morgan fingerprint density at radius 3 is 1.00 bits per heavy atom. The molecule has 0 aliphatic carbocycles. The van der Waals surface area contributed by atoms with Gasteiger partial charge in [-0.05, 0) is 81.1 Å². The van der Waals surface area contributed by atoms with E-state index in [1.54, 1.807) is 0 Å². The van der Waals surface area contributed by atoms with Gasteiger partial charge in [0.05, 0.1) is 13.2 Å². The minimum atomic E-state index is -0.195. The third-order valence-corrected chi connectivity index (χ3v) is 11.4. The van der Waals surface area contributed by atoms with Gasteiger partial charge in [0.2, 0.25) is 0 Å². The van der Waals surface area contributed by atoms with Gasteiger partial charge in [-0.25, -0.2) is 0 Å². The Labute approximate surface area is 327 Å². The number of ether oxygens (including phenoxy) is 2. The number of hydrogen-bond acceptors (Lipinski definition) is 8. The van der Waals surface area contributed by atoms with Crippen LogP contribution in [0.5, 0.6) is 0 Å². The van der Waals surface area contributed by atoms with E-state index >= 15 is 0 Å². The smallest absolute Gasteiger partial charge is 0.306 e. The molecule has 0 radical (unpaired) electrons. The fourth-order valence-electron chi connectivity index (χ4n) is 9.20. The first-order valence-corrected chi connectivity index (χ1v) is 22.3. The summed E-state index contributed by atoms with van der Waals surface area (Å²) in [5, 5.41) is 4.36. The molecular weight excluding hydrogens is 665 g/mol. The summed E-state index contributed by atoms with van der Waals surface area (Å²) in [5.74, 6) is -0.139. The molecule has 8 heteroatoms. The van der Waals surface area contributed by atoms with Crippen molar-refractivity contribution in [2.24, 2.45) is 0 Å². The lowest BCUT2D eigenvalue weighted by Gasteiger charge is -2.53. The molecule has 2 saturated heterocycles. The van der Waals surface area contributed by atoms with E-state index in [2.05, 4.69) is 79.4 Å². The van der Waals surface area contributed by atoms with Gasteiger partial charge in [-0.3, -0.25) is 19.3 Å². The lowest BCUT2D eigenvalue weighted by molar-refractivity contribution is -0.293. The van der Waals surface area contributed by atoms with Gasteiger partial charge in [-0.1, -0.05) is 110 Å². The van der Waals surface area contributed by atoms with Crippen LogP contribution < -0.4 is 0 Å². The lowest BCUT2D eigenvalue weighted by atomic mass is 9.80. The molecule has 0 saturated carbocycles. The van der Waals surface area contributed by atoms with Crippen molar-refractivity contribution >= 4 is 11.9 Å². The van der Waals surface area contributed by atoms with E-state index < -0.39 is 0 Å². The summed E-state index contributed by atoms with van der Waals surface area (Å²) >= 11 is 0. The number of esters is 2. The molecule has 312 valence electrons. The molecule has 2 heterocycles. The van der Waals surface area contributed by atoms with Crippen LogP contribution in [0, 0.1) is 0 Å². The molecule has 0 amide bonds. The van der Waals surface area contributed by atoms with Crippen LogP contribution in [-0.4, -0.2) is 69.6 Å². The summed E-state index contributed by atoms with van der Waals surface area (Å²) in [6, 6.07) is 0. The SMILES string of the molecule is CCCCCCCCON1C(C)(C)CC(OC(=O)CCCCCCCCCC(=O)OC2CC(C)(C)N(OCCCCCCCC)C(C)(C)C2)CC1(C)C. The van der Waals surface area contributed by atoms with Crippen LogP contribution in [0.1, 0.15) is 230 Å². The normalized spacial score (nSPS) is 20.4. The highest BCUT2D eigenvalue weighted by Crippen LogP contribution is 2.41. The van der Waals surface area contributed by atoms with Crippen molar-refractivity contribution < 1.29 is 28.7 Å². The van der Waals surface area contributed by atoms with Crippen molar-refractivity contribution in [2.75, 3.05) is 13.2 Å². The van der Waals surface area contributed by atoms with Gasteiger partial charge in [-0.2, -0.15) is 10.1 Å². The van der Waals surface area contributed by atoms with Crippen LogP contribution in [0.2, 0.25) is 0 Å². The van der Waals surface area contributed by atoms with Crippen molar-refractivity contribution in [3.63, 3.8) is 0 Å². The summed E-state index contributed by atoms with van der Waals surface area (Å²) in [4.78, 5) is 38.2. The Balaban J connectivity index is 1.55. The molecule has 2 rings (SSSR count). The Bertz CT molecular complexity index is 897. The molecular formula is C45H86N2O6. The quantitative estimate of drug-likeness (QED) is 0.0578. The third-order valence-electron chi connectivity index (χ3n) is 11.4. The predicted octanol–water partition coefficient (Wildman–Crippen LogP) is 12.2. The first-order chi connectivity index (χ1) is 25.0. The fourth-order valence-corrected chi connectivity index (χ4v) is 9.20. The van der Waals surface area contributed by atoms with Crippen molar-refractivity contribution in [1.82, 2.24) is 10.1 Å². The highest BCUT2D eigenvalue weighted by atomic mass is 16.7. The molecule has 8 nitrogen and oxygen atoms in total. The van der Waals surface area contributed by atoms with Crippen molar-refractivity contribution in [3.8, 4) is 0 Å². The van der Waals surface area contributed by atoms with E-state index in [-0.39, 0.29) is 46.3 Å². The minimum Gasteiger partial charge on any atom is -0.462 e. The Kier molecular flexibility index (Phi) is 22.1. The Morgan fingerprint density at radius 2 is 0.698 bits per heavy atom. The van der Waals surface area contributed by atoms with E-state index in [4.69, 9.17) is 19.1 Å². The number of carbonyl (C=O) groups is 2. The molecule has 2 aliphatic rings. The number of piperidine rings is 2. The van der Waals surface area contributed by atoms with E-state index in [9.17, 15) is 9.59 Å². The summed E-state index contributed by atoms with van der Waals surface area (Å²) in [7, 11) is 0. The largest absolute Gasteiger partial charge is 0.462 e. The van der Waals surface area contributed by atoms with E-state index in [0.29, 0.717) is 12.8 Å². The topological polar surface area (TPSA) is 77.5 Å². The standard InChI is InChI=1S/C45H86N2O6/c1-11-13-15-17-24-28-32-50-46-42(3,4)34-38(35-43(46,5)6)52-40(48)30-26-22-20-19-21-23-27-31-41(49)53-39-36-44(7,8)47(45(9,10)37-39)51-33-29-25-18-16-14-12-2/h38-39H,11-37H2,1-10H3. The summed E-state index contributed by atoms with van der Waals surface area (Å²) in [5.41, 5.74) is -0.781.